The second-order valence-electron chi connectivity index (χ2n) is 5.87. The molecule has 3 rings (SSSR count). The third-order valence-corrected chi connectivity index (χ3v) is 4.60. The summed E-state index contributed by atoms with van der Waals surface area (Å²) in [6.07, 6.45) is 0. The topological polar surface area (TPSA) is 50.8 Å². The Kier molecular flexibility index (Phi) is 6.61. The van der Waals surface area contributed by atoms with E-state index < -0.39 is 0 Å². The van der Waals surface area contributed by atoms with Gasteiger partial charge in [-0.2, -0.15) is 0 Å². The van der Waals surface area contributed by atoms with Gasteiger partial charge in [0.1, 0.15) is 5.75 Å². The largest absolute Gasteiger partial charge is 0.482 e. The molecule has 1 aliphatic rings. The van der Waals surface area contributed by atoms with Gasteiger partial charge in [0.15, 0.2) is 6.61 Å². The summed E-state index contributed by atoms with van der Waals surface area (Å²) in [5, 5.41) is 3.79. The molecule has 0 atom stereocenters. The molecule has 0 spiro atoms. The Bertz CT molecular complexity index is 764. The molecule has 0 radical (unpaired) electrons. The highest BCUT2D eigenvalue weighted by Gasteiger charge is 2.15. The number of nitrogens with one attached hydrogen (secondary N) is 1. The first-order chi connectivity index (χ1) is 12.6. The zero-order valence-corrected chi connectivity index (χ0v) is 15.7. The Morgan fingerprint density at radius 3 is 2.69 bits per heavy atom. The summed E-state index contributed by atoms with van der Waals surface area (Å²) in [6, 6.07) is 12.9. The van der Waals surface area contributed by atoms with Crippen LogP contribution >= 0.6 is 23.2 Å². The van der Waals surface area contributed by atoms with E-state index in [9.17, 15) is 4.79 Å². The number of halogens is 2. The fourth-order valence-electron chi connectivity index (χ4n) is 2.75. The molecule has 0 aliphatic carbocycles. The monoisotopic (exact) mass is 394 g/mol. The van der Waals surface area contributed by atoms with Crippen molar-refractivity contribution in [2.75, 3.05) is 37.8 Å². The van der Waals surface area contributed by atoms with E-state index in [0.717, 1.165) is 37.6 Å². The van der Waals surface area contributed by atoms with Crippen molar-refractivity contribution >= 4 is 34.8 Å². The molecule has 0 unspecified atom stereocenters. The van der Waals surface area contributed by atoms with Crippen molar-refractivity contribution < 1.29 is 14.3 Å². The second kappa shape index (κ2) is 9.12. The highest BCUT2D eigenvalue weighted by atomic mass is 35.5. The summed E-state index contributed by atoms with van der Waals surface area (Å²) in [6.45, 7) is 3.46. The molecule has 1 aliphatic heterocycles. The van der Waals surface area contributed by atoms with E-state index in [1.807, 2.05) is 18.2 Å². The molecular weight excluding hydrogens is 375 g/mol. The first-order valence-corrected chi connectivity index (χ1v) is 9.14. The van der Waals surface area contributed by atoms with Gasteiger partial charge in [-0.1, -0.05) is 41.4 Å². The number of anilines is 1. The van der Waals surface area contributed by atoms with Crippen molar-refractivity contribution in [3.8, 4) is 5.75 Å². The second-order valence-corrected chi connectivity index (χ2v) is 6.71. The fraction of sp³-hybridized carbons (Fsp3) is 0.316. The summed E-state index contributed by atoms with van der Waals surface area (Å²) in [7, 11) is 0. The Balaban J connectivity index is 1.54. The van der Waals surface area contributed by atoms with Crippen LogP contribution in [0.3, 0.4) is 0 Å². The predicted molar refractivity (Wildman–Crippen MR) is 103 cm³/mol. The van der Waals surface area contributed by atoms with Crippen molar-refractivity contribution in [3.63, 3.8) is 0 Å². The number of carbonyl (C=O) groups excluding carboxylic acids is 1. The van der Waals surface area contributed by atoms with Gasteiger partial charge < -0.3 is 19.7 Å². The molecule has 1 N–H and O–H groups in total. The average Bonchev–Trinajstić information content (AvgIpc) is 2.66. The van der Waals surface area contributed by atoms with Crippen LogP contribution < -0.4 is 15.0 Å². The van der Waals surface area contributed by atoms with E-state index >= 15 is 0 Å². The zero-order valence-electron chi connectivity index (χ0n) is 14.2. The van der Waals surface area contributed by atoms with Crippen LogP contribution in [0.4, 0.5) is 5.69 Å². The van der Waals surface area contributed by atoms with Crippen LogP contribution in [-0.2, 0) is 16.1 Å². The van der Waals surface area contributed by atoms with Crippen molar-refractivity contribution in [1.29, 1.82) is 0 Å². The van der Waals surface area contributed by atoms with E-state index in [0.29, 0.717) is 22.3 Å². The molecule has 1 amide bonds. The smallest absolute Gasteiger partial charge is 0.258 e. The summed E-state index contributed by atoms with van der Waals surface area (Å²) >= 11 is 11.9. The standard InChI is InChI=1S/C19H20Cl2N2O3/c20-15-5-6-18(16(21)11-15)26-13-19(24)22-12-14-3-1-2-4-17(14)23-7-9-25-10-8-23/h1-6,11H,7-10,12-13H2,(H,22,24). The molecule has 0 saturated carbocycles. The number of nitrogens with zero attached hydrogens (tertiary/aromatic N) is 1. The first kappa shape index (κ1) is 18.8. The number of hydrogen-bond donors (Lipinski definition) is 1. The van der Waals surface area contributed by atoms with Crippen LogP contribution in [0.2, 0.25) is 10.0 Å². The number of morpholine rings is 1. The lowest BCUT2D eigenvalue weighted by Gasteiger charge is -2.30. The van der Waals surface area contributed by atoms with E-state index in [1.54, 1.807) is 18.2 Å². The van der Waals surface area contributed by atoms with E-state index in [4.69, 9.17) is 32.7 Å². The quantitative estimate of drug-likeness (QED) is 0.813. The molecule has 2 aromatic rings. The van der Waals surface area contributed by atoms with Crippen molar-refractivity contribution in [1.82, 2.24) is 5.32 Å². The van der Waals surface area contributed by atoms with Crippen LogP contribution in [0.5, 0.6) is 5.75 Å². The van der Waals surface area contributed by atoms with Gasteiger partial charge in [0.2, 0.25) is 0 Å². The number of amides is 1. The Morgan fingerprint density at radius 2 is 1.92 bits per heavy atom. The highest BCUT2D eigenvalue weighted by molar-refractivity contribution is 6.35. The van der Waals surface area contributed by atoms with Gasteiger partial charge >= 0.3 is 0 Å². The van der Waals surface area contributed by atoms with Gasteiger partial charge in [-0.3, -0.25) is 4.79 Å². The molecule has 138 valence electrons. The lowest BCUT2D eigenvalue weighted by molar-refractivity contribution is -0.123. The Hall–Kier alpha value is -1.95. The molecule has 5 nitrogen and oxygen atoms in total. The van der Waals surface area contributed by atoms with Crippen LogP contribution in [0.15, 0.2) is 42.5 Å². The van der Waals surface area contributed by atoms with E-state index in [-0.39, 0.29) is 12.5 Å². The van der Waals surface area contributed by atoms with Crippen LogP contribution in [0.25, 0.3) is 0 Å². The van der Waals surface area contributed by atoms with Crippen molar-refractivity contribution in [2.45, 2.75) is 6.54 Å². The minimum atomic E-state index is -0.215. The number of rotatable bonds is 6. The average molecular weight is 395 g/mol. The van der Waals surface area contributed by atoms with Gasteiger partial charge in [0, 0.05) is 30.3 Å². The Morgan fingerprint density at radius 1 is 1.15 bits per heavy atom. The normalized spacial score (nSPS) is 14.2. The number of benzene rings is 2. The third-order valence-electron chi connectivity index (χ3n) is 4.07. The molecule has 0 bridgehead atoms. The maximum Gasteiger partial charge on any atom is 0.258 e. The lowest BCUT2D eigenvalue weighted by Crippen LogP contribution is -2.37. The van der Waals surface area contributed by atoms with Gasteiger partial charge in [-0.15, -0.1) is 0 Å². The molecular formula is C19H20Cl2N2O3. The zero-order chi connectivity index (χ0) is 18.4. The van der Waals surface area contributed by atoms with E-state index in [1.165, 1.54) is 0 Å². The van der Waals surface area contributed by atoms with Crippen LogP contribution in [0, 0.1) is 0 Å². The van der Waals surface area contributed by atoms with Crippen LogP contribution in [0.1, 0.15) is 5.56 Å². The lowest BCUT2D eigenvalue weighted by atomic mass is 10.1. The summed E-state index contributed by atoms with van der Waals surface area (Å²) in [5.74, 6) is 0.215. The van der Waals surface area contributed by atoms with Crippen molar-refractivity contribution in [2.24, 2.45) is 0 Å². The Labute approximate surface area is 162 Å². The predicted octanol–water partition coefficient (Wildman–Crippen LogP) is 3.53. The van der Waals surface area contributed by atoms with Crippen LogP contribution in [-0.4, -0.2) is 38.8 Å². The minimum absolute atomic E-state index is 0.110. The summed E-state index contributed by atoms with van der Waals surface area (Å²) in [4.78, 5) is 14.4. The SMILES string of the molecule is O=C(COc1ccc(Cl)cc1Cl)NCc1ccccc1N1CCOCC1. The van der Waals surface area contributed by atoms with Gasteiger partial charge in [-0.25, -0.2) is 0 Å². The van der Waals surface area contributed by atoms with E-state index in [2.05, 4.69) is 16.3 Å². The molecule has 1 heterocycles. The van der Waals surface area contributed by atoms with Gasteiger partial charge in [0.25, 0.3) is 5.91 Å². The fourth-order valence-corrected chi connectivity index (χ4v) is 3.22. The van der Waals surface area contributed by atoms with Crippen molar-refractivity contribution in [3.05, 3.63) is 58.1 Å². The maximum atomic E-state index is 12.1. The number of para-hydroxylation sites is 1. The molecule has 7 heteroatoms. The molecule has 2 aromatic carbocycles. The molecule has 26 heavy (non-hydrogen) atoms. The molecule has 1 saturated heterocycles. The van der Waals surface area contributed by atoms with Gasteiger partial charge in [-0.05, 0) is 29.8 Å². The summed E-state index contributed by atoms with van der Waals surface area (Å²) in [5.41, 5.74) is 2.19. The molecule has 0 aromatic heterocycles. The number of carbonyl (C=O) groups is 1. The summed E-state index contributed by atoms with van der Waals surface area (Å²) < 4.78 is 10.9. The highest BCUT2D eigenvalue weighted by Crippen LogP contribution is 2.27. The third kappa shape index (κ3) is 5.04. The number of ether oxygens (including phenoxy) is 2. The number of hydrogen-bond acceptors (Lipinski definition) is 4. The molecule has 1 fully saturated rings. The minimum Gasteiger partial charge on any atom is -0.482 e. The van der Waals surface area contributed by atoms with Gasteiger partial charge in [0.05, 0.1) is 18.2 Å². The first-order valence-electron chi connectivity index (χ1n) is 8.38. The maximum absolute atomic E-state index is 12.1.